The first-order valence-electron chi connectivity index (χ1n) is 6.81. The Morgan fingerprint density at radius 1 is 1.36 bits per heavy atom. The minimum atomic E-state index is -0.442. The number of carbonyl (C=O) groups is 1. The fraction of sp³-hybridized carbons (Fsp3) is 0.250. The molecule has 1 heterocycles. The van der Waals surface area contributed by atoms with Crippen LogP contribution in [0.2, 0.25) is 0 Å². The van der Waals surface area contributed by atoms with E-state index in [-0.39, 0.29) is 11.8 Å². The summed E-state index contributed by atoms with van der Waals surface area (Å²) in [6.07, 6.45) is 1.67. The number of ether oxygens (including phenoxy) is 1. The maximum absolute atomic E-state index is 13.6. The molecule has 0 bridgehead atoms. The van der Waals surface area contributed by atoms with Crippen LogP contribution in [0.5, 0.6) is 5.75 Å². The Morgan fingerprint density at radius 2 is 2.18 bits per heavy atom. The van der Waals surface area contributed by atoms with E-state index in [1.54, 1.807) is 25.4 Å². The summed E-state index contributed by atoms with van der Waals surface area (Å²) in [6, 6.07) is 9.89. The molecular weight excluding hydrogens is 285 g/mol. The van der Waals surface area contributed by atoms with Crippen molar-refractivity contribution in [3.05, 3.63) is 59.7 Å². The first kappa shape index (κ1) is 15.8. The zero-order valence-electron chi connectivity index (χ0n) is 12.5. The maximum atomic E-state index is 13.6. The molecule has 0 aliphatic rings. The number of nitrogens with one attached hydrogen (secondary N) is 1. The van der Waals surface area contributed by atoms with Crippen LogP contribution in [0.3, 0.4) is 0 Å². The van der Waals surface area contributed by atoms with E-state index in [4.69, 9.17) is 4.74 Å². The number of carbonyl (C=O) groups excluding carboxylic acids is 1. The third-order valence-corrected chi connectivity index (χ3v) is 3.13. The fourth-order valence-electron chi connectivity index (χ4n) is 1.96. The number of hydrogen-bond donors (Lipinski definition) is 1. The van der Waals surface area contributed by atoms with Crippen LogP contribution in [0.15, 0.2) is 42.6 Å². The molecule has 1 aromatic carbocycles. The standard InChI is InChI=1S/C16H18FN3O2/c1-20(11-12-6-7-15(22-2)14(17)9-12)16(21)19-10-13-5-3-4-8-18-13/h3-9H,10-11H2,1-2H3,(H,19,21). The molecule has 22 heavy (non-hydrogen) atoms. The largest absolute Gasteiger partial charge is 0.494 e. The van der Waals surface area contributed by atoms with E-state index < -0.39 is 5.82 Å². The molecule has 0 aliphatic heterocycles. The molecule has 0 unspecified atom stereocenters. The van der Waals surface area contributed by atoms with Crippen molar-refractivity contribution in [1.82, 2.24) is 15.2 Å². The van der Waals surface area contributed by atoms with Crippen molar-refractivity contribution < 1.29 is 13.9 Å². The van der Waals surface area contributed by atoms with Gasteiger partial charge in [0.05, 0.1) is 19.3 Å². The Balaban J connectivity index is 1.89. The van der Waals surface area contributed by atoms with Crippen molar-refractivity contribution >= 4 is 6.03 Å². The number of hydrogen-bond acceptors (Lipinski definition) is 3. The van der Waals surface area contributed by atoms with Crippen LogP contribution in [-0.2, 0) is 13.1 Å². The van der Waals surface area contributed by atoms with Gasteiger partial charge in [0.2, 0.25) is 0 Å². The van der Waals surface area contributed by atoms with E-state index in [9.17, 15) is 9.18 Å². The van der Waals surface area contributed by atoms with Crippen LogP contribution >= 0.6 is 0 Å². The highest BCUT2D eigenvalue weighted by atomic mass is 19.1. The van der Waals surface area contributed by atoms with Crippen LogP contribution in [-0.4, -0.2) is 30.1 Å². The van der Waals surface area contributed by atoms with Gasteiger partial charge in [-0.1, -0.05) is 12.1 Å². The Labute approximate surface area is 128 Å². The van der Waals surface area contributed by atoms with Gasteiger partial charge in [-0.3, -0.25) is 4.98 Å². The average Bonchev–Trinajstić information content (AvgIpc) is 2.53. The molecule has 0 aliphatic carbocycles. The number of benzene rings is 1. The second kappa shape index (κ2) is 7.40. The van der Waals surface area contributed by atoms with Crippen molar-refractivity contribution in [3.8, 4) is 5.75 Å². The Hall–Kier alpha value is -2.63. The topological polar surface area (TPSA) is 54.5 Å². The number of aromatic nitrogens is 1. The predicted molar refractivity (Wildman–Crippen MR) is 80.9 cm³/mol. The number of urea groups is 1. The molecule has 1 aromatic heterocycles. The summed E-state index contributed by atoms with van der Waals surface area (Å²) >= 11 is 0. The minimum absolute atomic E-state index is 0.186. The number of rotatable bonds is 5. The van der Waals surface area contributed by atoms with Gasteiger partial charge in [0.15, 0.2) is 11.6 Å². The summed E-state index contributed by atoms with van der Waals surface area (Å²) in [5, 5.41) is 2.76. The molecule has 6 heteroatoms. The Morgan fingerprint density at radius 3 is 2.82 bits per heavy atom. The van der Waals surface area contributed by atoms with Crippen molar-refractivity contribution in [3.63, 3.8) is 0 Å². The predicted octanol–water partition coefficient (Wildman–Crippen LogP) is 2.57. The molecule has 0 saturated carbocycles. The highest BCUT2D eigenvalue weighted by Gasteiger charge is 2.10. The van der Waals surface area contributed by atoms with Gasteiger partial charge < -0.3 is 15.0 Å². The first-order chi connectivity index (χ1) is 10.6. The monoisotopic (exact) mass is 303 g/mol. The smallest absolute Gasteiger partial charge is 0.317 e. The van der Waals surface area contributed by atoms with Crippen LogP contribution < -0.4 is 10.1 Å². The zero-order chi connectivity index (χ0) is 15.9. The Bertz CT molecular complexity index is 635. The van der Waals surface area contributed by atoms with Crippen LogP contribution in [0, 0.1) is 5.82 Å². The molecular formula is C16H18FN3O2. The van der Waals surface area contributed by atoms with Gasteiger partial charge in [-0.2, -0.15) is 0 Å². The maximum Gasteiger partial charge on any atom is 0.317 e. The summed E-state index contributed by atoms with van der Waals surface area (Å²) in [5.41, 5.74) is 1.47. The van der Waals surface area contributed by atoms with E-state index in [0.717, 1.165) is 5.69 Å². The minimum Gasteiger partial charge on any atom is -0.494 e. The summed E-state index contributed by atoms with van der Waals surface area (Å²) < 4.78 is 18.5. The Kier molecular flexibility index (Phi) is 5.30. The highest BCUT2D eigenvalue weighted by Crippen LogP contribution is 2.18. The van der Waals surface area contributed by atoms with Crippen molar-refractivity contribution in [2.24, 2.45) is 0 Å². The second-order valence-electron chi connectivity index (χ2n) is 4.80. The van der Waals surface area contributed by atoms with Gasteiger partial charge >= 0.3 is 6.03 Å². The number of methoxy groups -OCH3 is 1. The average molecular weight is 303 g/mol. The summed E-state index contributed by atoms with van der Waals surface area (Å²) in [5.74, 6) is -0.256. The third-order valence-electron chi connectivity index (χ3n) is 3.13. The van der Waals surface area contributed by atoms with Crippen molar-refractivity contribution in [1.29, 1.82) is 0 Å². The molecule has 2 aromatic rings. The van der Waals surface area contributed by atoms with Crippen molar-refractivity contribution in [2.75, 3.05) is 14.2 Å². The van der Waals surface area contributed by atoms with E-state index in [1.807, 2.05) is 18.2 Å². The molecule has 2 rings (SSSR count). The van der Waals surface area contributed by atoms with Gasteiger partial charge in [0.25, 0.3) is 0 Å². The molecule has 0 spiro atoms. The molecule has 0 saturated heterocycles. The second-order valence-corrected chi connectivity index (χ2v) is 4.80. The molecule has 5 nitrogen and oxygen atoms in total. The number of halogens is 1. The number of amides is 2. The molecule has 0 fully saturated rings. The SMILES string of the molecule is COc1ccc(CN(C)C(=O)NCc2ccccn2)cc1F. The molecule has 1 N–H and O–H groups in total. The van der Waals surface area contributed by atoms with Gasteiger partial charge in [0, 0.05) is 19.8 Å². The van der Waals surface area contributed by atoms with E-state index in [1.165, 1.54) is 18.1 Å². The first-order valence-corrected chi connectivity index (χ1v) is 6.81. The fourth-order valence-corrected chi connectivity index (χ4v) is 1.96. The summed E-state index contributed by atoms with van der Waals surface area (Å²) in [6.45, 7) is 0.649. The molecule has 0 radical (unpaired) electrons. The molecule has 2 amide bonds. The van der Waals surface area contributed by atoms with Gasteiger partial charge in [-0.05, 0) is 29.8 Å². The highest BCUT2D eigenvalue weighted by molar-refractivity contribution is 5.73. The lowest BCUT2D eigenvalue weighted by Gasteiger charge is -2.18. The van der Waals surface area contributed by atoms with Gasteiger partial charge in [-0.25, -0.2) is 9.18 Å². The number of nitrogens with zero attached hydrogens (tertiary/aromatic N) is 2. The quantitative estimate of drug-likeness (QED) is 0.923. The van der Waals surface area contributed by atoms with Gasteiger partial charge in [0.1, 0.15) is 0 Å². The van der Waals surface area contributed by atoms with E-state index >= 15 is 0 Å². The van der Waals surface area contributed by atoms with Gasteiger partial charge in [-0.15, -0.1) is 0 Å². The van der Waals surface area contributed by atoms with E-state index in [2.05, 4.69) is 10.3 Å². The summed E-state index contributed by atoms with van der Waals surface area (Å²) in [7, 11) is 3.06. The third kappa shape index (κ3) is 4.18. The zero-order valence-corrected chi connectivity index (χ0v) is 12.5. The van der Waals surface area contributed by atoms with E-state index in [0.29, 0.717) is 18.7 Å². The number of pyridine rings is 1. The van der Waals surface area contributed by atoms with Crippen LogP contribution in [0.25, 0.3) is 0 Å². The van der Waals surface area contributed by atoms with Crippen LogP contribution in [0.4, 0.5) is 9.18 Å². The lowest BCUT2D eigenvalue weighted by Crippen LogP contribution is -2.36. The molecule has 0 atom stereocenters. The van der Waals surface area contributed by atoms with Crippen molar-refractivity contribution in [2.45, 2.75) is 13.1 Å². The normalized spacial score (nSPS) is 10.1. The lowest BCUT2D eigenvalue weighted by atomic mass is 10.2. The lowest BCUT2D eigenvalue weighted by molar-refractivity contribution is 0.206. The van der Waals surface area contributed by atoms with Crippen LogP contribution in [0.1, 0.15) is 11.3 Å². The molecule has 116 valence electrons. The summed E-state index contributed by atoms with van der Waals surface area (Å²) in [4.78, 5) is 17.6.